The average Bonchev–Trinajstić information content (AvgIpc) is 2.77. The highest BCUT2D eigenvalue weighted by Gasteiger charge is 2.16. The van der Waals surface area contributed by atoms with E-state index in [-0.39, 0.29) is 0 Å². The number of alkyl carbamates (subject to hydrolysis) is 1. The van der Waals surface area contributed by atoms with Crippen LogP contribution in [-0.2, 0) is 4.74 Å². The third-order valence-electron chi connectivity index (χ3n) is 4.85. The molecule has 0 aliphatic carbocycles. The number of hydrogen-bond acceptors (Lipinski definition) is 6. The van der Waals surface area contributed by atoms with Gasteiger partial charge in [-0.2, -0.15) is 0 Å². The van der Waals surface area contributed by atoms with Crippen LogP contribution in [0.4, 0.5) is 21.9 Å². The van der Waals surface area contributed by atoms with Crippen LogP contribution in [0.2, 0.25) is 10.0 Å². The molecule has 0 fully saturated rings. The minimum Gasteiger partial charge on any atom is -0.444 e. The highest BCUT2D eigenvalue weighted by Crippen LogP contribution is 2.33. The van der Waals surface area contributed by atoms with Gasteiger partial charge in [-0.25, -0.2) is 14.8 Å². The first-order valence-electron chi connectivity index (χ1n) is 10.8. The molecular formula is C25H25Cl2N5O2. The Labute approximate surface area is 207 Å². The van der Waals surface area contributed by atoms with Crippen molar-refractivity contribution in [2.24, 2.45) is 0 Å². The molecule has 0 saturated carbocycles. The van der Waals surface area contributed by atoms with E-state index in [1.54, 1.807) is 18.3 Å². The van der Waals surface area contributed by atoms with Crippen LogP contribution in [0.1, 0.15) is 20.8 Å². The van der Waals surface area contributed by atoms with Crippen LogP contribution in [0.15, 0.2) is 54.7 Å². The lowest BCUT2D eigenvalue weighted by molar-refractivity contribution is 0.0530. The molecule has 0 saturated heterocycles. The van der Waals surface area contributed by atoms with E-state index >= 15 is 0 Å². The fraction of sp³-hybridized carbons (Fsp3) is 0.240. The zero-order valence-electron chi connectivity index (χ0n) is 19.1. The minimum absolute atomic E-state index is 0.391. The van der Waals surface area contributed by atoms with Crippen molar-refractivity contribution < 1.29 is 9.53 Å². The fourth-order valence-electron chi connectivity index (χ4n) is 3.45. The Morgan fingerprint density at radius 3 is 2.50 bits per heavy atom. The van der Waals surface area contributed by atoms with Crippen LogP contribution in [-0.4, -0.2) is 34.8 Å². The van der Waals surface area contributed by atoms with Crippen molar-refractivity contribution in [3.63, 3.8) is 0 Å². The Bertz CT molecular complexity index is 1350. The molecule has 4 rings (SSSR count). The number of amides is 1. The Morgan fingerprint density at radius 1 is 0.971 bits per heavy atom. The predicted octanol–water partition coefficient (Wildman–Crippen LogP) is 6.77. The van der Waals surface area contributed by atoms with E-state index in [1.807, 2.05) is 57.2 Å². The second-order valence-electron chi connectivity index (χ2n) is 8.70. The summed E-state index contributed by atoms with van der Waals surface area (Å²) in [7, 11) is 0. The highest BCUT2D eigenvalue weighted by atomic mass is 35.5. The van der Waals surface area contributed by atoms with Gasteiger partial charge in [-0.05, 0) is 69.3 Å². The number of aromatic nitrogens is 2. The first kappa shape index (κ1) is 23.9. The zero-order valence-corrected chi connectivity index (χ0v) is 20.6. The molecule has 0 radical (unpaired) electrons. The summed E-state index contributed by atoms with van der Waals surface area (Å²) in [5, 5.41) is 12.3. The molecule has 176 valence electrons. The number of nitrogens with zero attached hydrogens (tertiary/aromatic N) is 2. The van der Waals surface area contributed by atoms with Gasteiger partial charge in [0.1, 0.15) is 5.60 Å². The zero-order chi connectivity index (χ0) is 24.3. The molecule has 7 nitrogen and oxygen atoms in total. The number of pyridine rings is 2. The number of rotatable bonds is 6. The first-order valence-corrected chi connectivity index (χ1v) is 11.6. The lowest BCUT2D eigenvalue weighted by Crippen LogP contribution is -2.35. The highest BCUT2D eigenvalue weighted by molar-refractivity contribution is 6.42. The topological polar surface area (TPSA) is 88.2 Å². The Kier molecular flexibility index (Phi) is 6.95. The Morgan fingerprint density at radius 2 is 1.74 bits per heavy atom. The van der Waals surface area contributed by atoms with Crippen molar-refractivity contribution in [2.75, 3.05) is 23.7 Å². The number of halogens is 2. The van der Waals surface area contributed by atoms with Crippen LogP contribution < -0.4 is 16.0 Å². The van der Waals surface area contributed by atoms with E-state index in [0.29, 0.717) is 28.8 Å². The van der Waals surface area contributed by atoms with E-state index in [9.17, 15) is 4.79 Å². The van der Waals surface area contributed by atoms with E-state index in [1.165, 1.54) is 0 Å². The summed E-state index contributed by atoms with van der Waals surface area (Å²) in [5.74, 6) is 0. The molecule has 0 unspecified atom stereocenters. The lowest BCUT2D eigenvalue weighted by atomic mass is 10.1. The quantitative estimate of drug-likeness (QED) is 0.201. The number of benzene rings is 2. The molecule has 34 heavy (non-hydrogen) atoms. The molecular weight excluding hydrogens is 473 g/mol. The maximum atomic E-state index is 12.0. The average molecular weight is 498 g/mol. The Balaban J connectivity index is 1.60. The van der Waals surface area contributed by atoms with Gasteiger partial charge >= 0.3 is 6.09 Å². The smallest absolute Gasteiger partial charge is 0.407 e. The second-order valence-corrected chi connectivity index (χ2v) is 9.52. The third-order valence-corrected chi connectivity index (χ3v) is 5.59. The van der Waals surface area contributed by atoms with Crippen LogP contribution in [0, 0.1) is 0 Å². The first-order chi connectivity index (χ1) is 16.2. The number of nitrogens with one attached hydrogen (secondary N) is 3. The van der Waals surface area contributed by atoms with Crippen molar-refractivity contribution in [1.29, 1.82) is 0 Å². The van der Waals surface area contributed by atoms with Crippen LogP contribution in [0.3, 0.4) is 0 Å². The maximum Gasteiger partial charge on any atom is 0.407 e. The van der Waals surface area contributed by atoms with Gasteiger partial charge in [-0.1, -0.05) is 23.2 Å². The van der Waals surface area contributed by atoms with E-state index in [0.717, 1.165) is 33.4 Å². The summed E-state index contributed by atoms with van der Waals surface area (Å²) in [6, 6.07) is 15.1. The monoisotopic (exact) mass is 497 g/mol. The maximum absolute atomic E-state index is 12.0. The van der Waals surface area contributed by atoms with Gasteiger partial charge in [0.2, 0.25) is 0 Å². The van der Waals surface area contributed by atoms with Gasteiger partial charge in [0.25, 0.3) is 0 Å². The largest absolute Gasteiger partial charge is 0.444 e. The van der Waals surface area contributed by atoms with Gasteiger partial charge in [0.05, 0.1) is 21.2 Å². The summed E-state index contributed by atoms with van der Waals surface area (Å²) in [6.07, 6.45) is 1.27. The fourth-order valence-corrected chi connectivity index (χ4v) is 3.75. The molecule has 0 aliphatic heterocycles. The number of anilines is 3. The third kappa shape index (κ3) is 5.79. The van der Waals surface area contributed by atoms with Gasteiger partial charge in [-0.15, -0.1) is 0 Å². The summed E-state index contributed by atoms with van der Waals surface area (Å²) < 4.78 is 5.29. The molecule has 1 amide bonds. The molecule has 2 aromatic heterocycles. The predicted molar refractivity (Wildman–Crippen MR) is 140 cm³/mol. The molecule has 2 heterocycles. The van der Waals surface area contributed by atoms with Crippen molar-refractivity contribution in [3.8, 4) is 0 Å². The second kappa shape index (κ2) is 9.91. The number of fused-ring (bicyclic) bond motifs is 2. The molecule has 9 heteroatoms. The molecule has 0 aliphatic rings. The lowest BCUT2D eigenvalue weighted by Gasteiger charge is -2.20. The number of carbonyl (C=O) groups excluding carboxylic acids is 1. The molecule has 0 bridgehead atoms. The number of hydrogen-bond donors (Lipinski definition) is 3. The van der Waals surface area contributed by atoms with Crippen LogP contribution in [0.5, 0.6) is 0 Å². The summed E-state index contributed by atoms with van der Waals surface area (Å²) in [5.41, 5.74) is 3.47. The van der Waals surface area contributed by atoms with Gasteiger partial charge < -0.3 is 20.7 Å². The summed E-state index contributed by atoms with van der Waals surface area (Å²) in [4.78, 5) is 21.1. The summed E-state index contributed by atoms with van der Waals surface area (Å²) in [6.45, 7) is 6.37. The number of carbonyl (C=O) groups is 1. The molecule has 4 aromatic rings. The normalized spacial score (nSPS) is 11.4. The molecule has 0 spiro atoms. The van der Waals surface area contributed by atoms with Crippen molar-refractivity contribution in [3.05, 3.63) is 64.8 Å². The van der Waals surface area contributed by atoms with Crippen molar-refractivity contribution in [1.82, 2.24) is 15.3 Å². The van der Waals surface area contributed by atoms with Crippen LogP contribution in [0.25, 0.3) is 21.9 Å². The standard InChI is InChI=1S/C25H25Cl2N5O2/c1-25(2,3)34-24(33)30-12-11-28-22-17-5-4-10-29-23(17)32-21-9-7-15(13-18(21)22)31-16-6-8-19(26)20(27)14-16/h4-10,13-14,31H,11-12H2,1-3H3,(H,30,33)(H,28,29,32). The van der Waals surface area contributed by atoms with E-state index < -0.39 is 11.7 Å². The minimum atomic E-state index is -0.543. The van der Waals surface area contributed by atoms with Crippen molar-refractivity contribution >= 4 is 68.3 Å². The molecule has 3 N–H and O–H groups in total. The molecule has 2 aromatic carbocycles. The van der Waals surface area contributed by atoms with Gasteiger partial charge in [-0.3, -0.25) is 0 Å². The number of ether oxygens (including phenoxy) is 1. The molecule has 0 atom stereocenters. The van der Waals surface area contributed by atoms with Crippen molar-refractivity contribution in [2.45, 2.75) is 26.4 Å². The Hall–Kier alpha value is -3.29. The van der Waals surface area contributed by atoms with Crippen LogP contribution >= 0.6 is 23.2 Å². The van der Waals surface area contributed by atoms with Gasteiger partial charge in [0.15, 0.2) is 5.65 Å². The van der Waals surface area contributed by atoms with E-state index in [2.05, 4.69) is 20.9 Å². The SMILES string of the molecule is CC(C)(C)OC(=O)NCCNc1c2cc(Nc3ccc(Cl)c(Cl)c3)ccc2nc2ncccc12. The van der Waals surface area contributed by atoms with Gasteiger partial charge in [0, 0.05) is 41.4 Å². The summed E-state index contributed by atoms with van der Waals surface area (Å²) >= 11 is 12.2. The van der Waals surface area contributed by atoms with E-state index in [4.69, 9.17) is 32.9 Å².